The Morgan fingerprint density at radius 2 is 2.05 bits per heavy atom. The molecule has 1 saturated heterocycles. The summed E-state index contributed by atoms with van der Waals surface area (Å²) in [7, 11) is 1.56. The second-order valence-corrected chi connectivity index (χ2v) is 5.85. The number of piperidine rings is 1. The summed E-state index contributed by atoms with van der Waals surface area (Å²) in [6.07, 6.45) is 3.85. The summed E-state index contributed by atoms with van der Waals surface area (Å²) in [6.45, 7) is 1.27. The van der Waals surface area contributed by atoms with Gasteiger partial charge in [0.15, 0.2) is 0 Å². The predicted molar refractivity (Wildman–Crippen MR) is 71.9 cm³/mol. The van der Waals surface area contributed by atoms with Gasteiger partial charge in [0, 0.05) is 26.6 Å². The molecule has 0 spiro atoms. The normalized spacial score (nSPS) is 24.1. The number of hydrogen-bond donors (Lipinski definition) is 2. The molecule has 2 rings (SSSR count). The second kappa shape index (κ2) is 5.81. The van der Waals surface area contributed by atoms with Gasteiger partial charge in [-0.15, -0.1) is 0 Å². The molecule has 1 unspecified atom stereocenters. The predicted octanol–water partition coefficient (Wildman–Crippen LogP) is 0.616. The largest absolute Gasteiger partial charge is 0.481 e. The number of carbonyl (C=O) groups is 3. The van der Waals surface area contributed by atoms with Gasteiger partial charge in [0.05, 0.1) is 0 Å². The van der Waals surface area contributed by atoms with Crippen molar-refractivity contribution in [1.29, 1.82) is 0 Å². The molecule has 6 nitrogen and oxygen atoms in total. The number of nitrogens with one attached hydrogen (secondary N) is 1. The highest BCUT2D eigenvalue weighted by atomic mass is 16.4. The number of aliphatic carboxylic acids is 1. The van der Waals surface area contributed by atoms with Crippen molar-refractivity contribution >= 4 is 17.8 Å². The number of likely N-dealkylation sites (tertiary alicyclic amines) is 1. The van der Waals surface area contributed by atoms with Crippen LogP contribution in [0.4, 0.5) is 0 Å². The molecule has 2 aliphatic rings. The molecule has 0 radical (unpaired) electrons. The zero-order chi connectivity index (χ0) is 14.8. The SMILES string of the molecule is CNC(=O)C1(C(=O)N2CCCC(CCC(=O)O)C2)CC1. The first-order valence-electron chi connectivity index (χ1n) is 7.23. The maximum atomic E-state index is 12.5. The summed E-state index contributed by atoms with van der Waals surface area (Å²) >= 11 is 0. The minimum atomic E-state index is -0.830. The average Bonchev–Trinajstić information content (AvgIpc) is 3.25. The van der Waals surface area contributed by atoms with E-state index in [4.69, 9.17) is 5.11 Å². The molecule has 2 fully saturated rings. The Labute approximate surface area is 118 Å². The molecule has 1 heterocycles. The van der Waals surface area contributed by atoms with E-state index in [2.05, 4.69) is 5.32 Å². The number of carboxylic acid groups (broad SMARTS) is 1. The van der Waals surface area contributed by atoms with Crippen LogP contribution in [0.5, 0.6) is 0 Å². The zero-order valence-electron chi connectivity index (χ0n) is 11.9. The Morgan fingerprint density at radius 1 is 1.35 bits per heavy atom. The summed E-state index contributed by atoms with van der Waals surface area (Å²) in [6, 6.07) is 0. The minimum absolute atomic E-state index is 0.0723. The van der Waals surface area contributed by atoms with Crippen LogP contribution in [0, 0.1) is 11.3 Å². The lowest BCUT2D eigenvalue weighted by Gasteiger charge is -2.34. The number of amides is 2. The van der Waals surface area contributed by atoms with Crippen LogP contribution in [-0.4, -0.2) is 47.9 Å². The smallest absolute Gasteiger partial charge is 0.303 e. The summed E-state index contributed by atoms with van der Waals surface area (Å²) in [4.78, 5) is 36.7. The standard InChI is InChI=1S/C14H22N2O4/c1-15-12(19)14(6-7-14)13(20)16-8-2-3-10(9-16)4-5-11(17)18/h10H,2-9H2,1H3,(H,15,19)(H,17,18). The Balaban J connectivity index is 1.93. The Kier molecular flexibility index (Phi) is 4.30. The molecule has 0 aromatic rings. The van der Waals surface area contributed by atoms with Gasteiger partial charge in [-0.2, -0.15) is 0 Å². The highest BCUT2D eigenvalue weighted by Gasteiger charge is 2.57. The summed E-state index contributed by atoms with van der Waals surface area (Å²) in [5.41, 5.74) is -0.830. The lowest BCUT2D eigenvalue weighted by atomic mass is 9.92. The fraction of sp³-hybridized carbons (Fsp3) is 0.786. The molecule has 0 aromatic carbocycles. The van der Waals surface area contributed by atoms with Gasteiger partial charge in [-0.1, -0.05) is 0 Å². The van der Waals surface area contributed by atoms with E-state index in [-0.39, 0.29) is 24.2 Å². The van der Waals surface area contributed by atoms with Crippen LogP contribution < -0.4 is 5.32 Å². The van der Waals surface area contributed by atoms with Gasteiger partial charge in [-0.05, 0) is 38.0 Å². The third-order valence-corrected chi connectivity index (χ3v) is 4.39. The van der Waals surface area contributed by atoms with E-state index in [1.54, 1.807) is 11.9 Å². The Hall–Kier alpha value is -1.59. The quantitative estimate of drug-likeness (QED) is 0.724. The van der Waals surface area contributed by atoms with Gasteiger partial charge in [0.1, 0.15) is 5.41 Å². The lowest BCUT2D eigenvalue weighted by molar-refractivity contribution is -0.145. The monoisotopic (exact) mass is 282 g/mol. The van der Waals surface area contributed by atoms with E-state index >= 15 is 0 Å². The third-order valence-electron chi connectivity index (χ3n) is 4.39. The molecule has 1 aliphatic heterocycles. The highest BCUT2D eigenvalue weighted by Crippen LogP contribution is 2.48. The van der Waals surface area contributed by atoms with E-state index in [0.29, 0.717) is 32.4 Å². The van der Waals surface area contributed by atoms with Crippen LogP contribution in [0.25, 0.3) is 0 Å². The van der Waals surface area contributed by atoms with Gasteiger partial charge in [0.25, 0.3) is 0 Å². The van der Waals surface area contributed by atoms with Gasteiger partial charge in [-0.3, -0.25) is 14.4 Å². The number of carbonyl (C=O) groups excluding carboxylic acids is 2. The number of rotatable bonds is 5. The van der Waals surface area contributed by atoms with Crippen molar-refractivity contribution in [1.82, 2.24) is 10.2 Å². The first kappa shape index (κ1) is 14.8. The molecule has 0 aromatic heterocycles. The van der Waals surface area contributed by atoms with Gasteiger partial charge < -0.3 is 15.3 Å². The molecule has 1 aliphatic carbocycles. The molecular weight excluding hydrogens is 260 g/mol. The molecular formula is C14H22N2O4. The average molecular weight is 282 g/mol. The number of hydrogen-bond acceptors (Lipinski definition) is 3. The maximum absolute atomic E-state index is 12.5. The van der Waals surface area contributed by atoms with E-state index < -0.39 is 11.4 Å². The molecule has 1 saturated carbocycles. The van der Waals surface area contributed by atoms with Crippen molar-refractivity contribution < 1.29 is 19.5 Å². The van der Waals surface area contributed by atoms with Crippen molar-refractivity contribution in [3.05, 3.63) is 0 Å². The number of nitrogens with zero attached hydrogens (tertiary/aromatic N) is 1. The van der Waals surface area contributed by atoms with Crippen molar-refractivity contribution in [2.75, 3.05) is 20.1 Å². The van der Waals surface area contributed by atoms with Crippen LogP contribution in [-0.2, 0) is 14.4 Å². The van der Waals surface area contributed by atoms with Crippen molar-refractivity contribution in [2.24, 2.45) is 11.3 Å². The van der Waals surface area contributed by atoms with E-state index in [1.807, 2.05) is 0 Å². The fourth-order valence-electron chi connectivity index (χ4n) is 3.02. The minimum Gasteiger partial charge on any atom is -0.481 e. The first-order valence-corrected chi connectivity index (χ1v) is 7.23. The van der Waals surface area contributed by atoms with E-state index in [9.17, 15) is 14.4 Å². The maximum Gasteiger partial charge on any atom is 0.303 e. The molecule has 2 N–H and O–H groups in total. The summed E-state index contributed by atoms with van der Waals surface area (Å²) in [5, 5.41) is 11.3. The van der Waals surface area contributed by atoms with Crippen LogP contribution in [0.3, 0.4) is 0 Å². The van der Waals surface area contributed by atoms with Crippen LogP contribution in [0.2, 0.25) is 0 Å². The van der Waals surface area contributed by atoms with Gasteiger partial charge >= 0.3 is 5.97 Å². The van der Waals surface area contributed by atoms with Crippen LogP contribution >= 0.6 is 0 Å². The summed E-state index contributed by atoms with van der Waals surface area (Å²) < 4.78 is 0. The first-order chi connectivity index (χ1) is 9.49. The van der Waals surface area contributed by atoms with Gasteiger partial charge in [-0.25, -0.2) is 0 Å². The van der Waals surface area contributed by atoms with Crippen LogP contribution in [0.15, 0.2) is 0 Å². The molecule has 6 heteroatoms. The molecule has 0 bridgehead atoms. The number of carboxylic acids is 1. The fourth-order valence-corrected chi connectivity index (χ4v) is 3.02. The zero-order valence-corrected chi connectivity index (χ0v) is 11.9. The third kappa shape index (κ3) is 2.94. The molecule has 2 amide bonds. The van der Waals surface area contributed by atoms with E-state index in [1.165, 1.54) is 0 Å². The molecule has 20 heavy (non-hydrogen) atoms. The second-order valence-electron chi connectivity index (χ2n) is 5.85. The molecule has 112 valence electrons. The van der Waals surface area contributed by atoms with E-state index in [0.717, 1.165) is 12.8 Å². The van der Waals surface area contributed by atoms with Crippen LogP contribution in [0.1, 0.15) is 38.5 Å². The Bertz CT molecular complexity index is 417. The van der Waals surface area contributed by atoms with Crippen molar-refractivity contribution in [3.63, 3.8) is 0 Å². The topological polar surface area (TPSA) is 86.7 Å². The highest BCUT2D eigenvalue weighted by molar-refractivity contribution is 6.07. The van der Waals surface area contributed by atoms with Crippen molar-refractivity contribution in [2.45, 2.75) is 38.5 Å². The molecule has 1 atom stereocenters. The van der Waals surface area contributed by atoms with Gasteiger partial charge in [0.2, 0.25) is 11.8 Å². The summed E-state index contributed by atoms with van der Waals surface area (Å²) in [5.74, 6) is -0.811. The lowest BCUT2D eigenvalue weighted by Crippen LogP contribution is -2.48. The van der Waals surface area contributed by atoms with Crippen molar-refractivity contribution in [3.8, 4) is 0 Å². The Morgan fingerprint density at radius 3 is 2.60 bits per heavy atom.